The predicted octanol–water partition coefficient (Wildman–Crippen LogP) is 2.01. The number of aromatic nitrogens is 4. The van der Waals surface area contributed by atoms with Gasteiger partial charge in [-0.05, 0) is 19.3 Å². The molecule has 2 aromatic heterocycles. The zero-order valence-corrected chi connectivity index (χ0v) is 11.6. The van der Waals surface area contributed by atoms with Gasteiger partial charge in [-0.15, -0.1) is 0 Å². The molecule has 0 aliphatic carbocycles. The molecule has 106 valence electrons. The Labute approximate surface area is 119 Å². The van der Waals surface area contributed by atoms with E-state index in [1.165, 1.54) is 10.9 Å². The van der Waals surface area contributed by atoms with Crippen LogP contribution in [0.15, 0.2) is 6.20 Å². The second kappa shape index (κ2) is 4.78. The summed E-state index contributed by atoms with van der Waals surface area (Å²) in [5.74, 6) is 0.702. The molecule has 0 aromatic carbocycles. The predicted molar refractivity (Wildman–Crippen MR) is 73.5 cm³/mol. The van der Waals surface area contributed by atoms with E-state index in [0.717, 1.165) is 31.5 Å². The van der Waals surface area contributed by atoms with E-state index in [4.69, 9.17) is 11.6 Å². The molecule has 1 aliphatic rings. The number of nitro groups is 1. The van der Waals surface area contributed by atoms with Crippen molar-refractivity contribution in [3.05, 3.63) is 27.0 Å². The number of nitrogens with zero attached hydrogens (tertiary/aromatic N) is 5. The number of anilines is 1. The summed E-state index contributed by atoms with van der Waals surface area (Å²) in [5.41, 5.74) is 0.864. The molecule has 20 heavy (non-hydrogen) atoms. The Morgan fingerprint density at radius 3 is 2.95 bits per heavy atom. The molecule has 0 saturated carbocycles. The van der Waals surface area contributed by atoms with Crippen molar-refractivity contribution in [3.63, 3.8) is 0 Å². The van der Waals surface area contributed by atoms with E-state index in [1.54, 1.807) is 7.05 Å². The summed E-state index contributed by atoms with van der Waals surface area (Å²) in [6, 6.07) is 0. The summed E-state index contributed by atoms with van der Waals surface area (Å²) >= 11 is 6.35. The van der Waals surface area contributed by atoms with Crippen molar-refractivity contribution in [3.8, 4) is 5.82 Å². The van der Waals surface area contributed by atoms with Gasteiger partial charge in [0, 0.05) is 13.6 Å². The largest absolute Gasteiger partial charge is 0.367 e. The van der Waals surface area contributed by atoms with Crippen LogP contribution >= 0.6 is 11.6 Å². The third kappa shape index (κ3) is 1.83. The van der Waals surface area contributed by atoms with Crippen LogP contribution in [0.3, 0.4) is 0 Å². The zero-order chi connectivity index (χ0) is 14.3. The van der Waals surface area contributed by atoms with Gasteiger partial charge >= 0.3 is 5.69 Å². The third-order valence-electron chi connectivity index (χ3n) is 3.39. The Hall–Kier alpha value is -2.09. The molecule has 0 bridgehead atoms. The van der Waals surface area contributed by atoms with Crippen LogP contribution in [-0.2, 0) is 13.0 Å². The molecule has 0 atom stereocenters. The minimum absolute atomic E-state index is 0.102. The summed E-state index contributed by atoms with van der Waals surface area (Å²) < 4.78 is 3.24. The number of nitrogens with one attached hydrogen (secondary N) is 1. The standard InChI is InChI=1S/C11H13ClN6O2/c1-13-10-8(18(19)20)6-14-17(10)11-9(12)7-4-2-3-5-16(7)15-11/h6,13H,2-5H2,1H3. The van der Waals surface area contributed by atoms with Crippen LogP contribution in [-0.4, -0.2) is 31.5 Å². The van der Waals surface area contributed by atoms with E-state index in [9.17, 15) is 10.1 Å². The highest BCUT2D eigenvalue weighted by Crippen LogP contribution is 2.32. The second-order valence-electron chi connectivity index (χ2n) is 4.56. The summed E-state index contributed by atoms with van der Waals surface area (Å²) in [7, 11) is 1.60. The number of hydrogen-bond donors (Lipinski definition) is 1. The molecule has 0 amide bonds. The first-order valence-corrected chi connectivity index (χ1v) is 6.67. The van der Waals surface area contributed by atoms with Gasteiger partial charge in [-0.2, -0.15) is 14.9 Å². The van der Waals surface area contributed by atoms with Gasteiger partial charge in [0.05, 0.1) is 10.6 Å². The SMILES string of the molecule is CNc1c([N+](=O)[O-])cnn1-c1nn2c(c1Cl)CCCC2. The molecule has 0 spiro atoms. The molecule has 1 aliphatic heterocycles. The molecular weight excluding hydrogens is 284 g/mol. The molecule has 0 radical (unpaired) electrons. The van der Waals surface area contributed by atoms with Crippen molar-refractivity contribution in [2.75, 3.05) is 12.4 Å². The maximum Gasteiger partial charge on any atom is 0.331 e. The minimum atomic E-state index is -0.487. The average molecular weight is 297 g/mol. The smallest absolute Gasteiger partial charge is 0.331 e. The van der Waals surface area contributed by atoms with Crippen molar-refractivity contribution in [2.24, 2.45) is 0 Å². The molecule has 0 saturated heterocycles. The topological polar surface area (TPSA) is 90.8 Å². The summed E-state index contributed by atoms with van der Waals surface area (Å²) in [6.45, 7) is 0.813. The molecule has 9 heteroatoms. The first-order valence-electron chi connectivity index (χ1n) is 6.29. The van der Waals surface area contributed by atoms with Crippen molar-refractivity contribution in [2.45, 2.75) is 25.8 Å². The van der Waals surface area contributed by atoms with E-state index in [1.807, 2.05) is 4.68 Å². The Balaban J connectivity index is 2.14. The number of rotatable bonds is 3. The quantitative estimate of drug-likeness (QED) is 0.691. The number of hydrogen-bond acceptors (Lipinski definition) is 5. The van der Waals surface area contributed by atoms with E-state index < -0.39 is 4.92 Å². The van der Waals surface area contributed by atoms with E-state index in [-0.39, 0.29) is 11.5 Å². The van der Waals surface area contributed by atoms with Gasteiger partial charge in [0.2, 0.25) is 5.82 Å². The van der Waals surface area contributed by atoms with Crippen LogP contribution in [0.4, 0.5) is 11.5 Å². The lowest BCUT2D eigenvalue weighted by Gasteiger charge is -2.12. The van der Waals surface area contributed by atoms with Gasteiger partial charge in [0.1, 0.15) is 11.2 Å². The lowest BCUT2D eigenvalue weighted by atomic mass is 10.1. The van der Waals surface area contributed by atoms with Crippen LogP contribution in [0.2, 0.25) is 5.02 Å². The van der Waals surface area contributed by atoms with E-state index in [0.29, 0.717) is 10.8 Å². The Bertz CT molecular complexity index is 677. The van der Waals surface area contributed by atoms with Gasteiger partial charge in [-0.1, -0.05) is 11.6 Å². The normalized spacial score (nSPS) is 14.1. The highest BCUT2D eigenvalue weighted by atomic mass is 35.5. The van der Waals surface area contributed by atoms with E-state index >= 15 is 0 Å². The lowest BCUT2D eigenvalue weighted by molar-refractivity contribution is -0.384. The lowest BCUT2D eigenvalue weighted by Crippen LogP contribution is -2.11. The first-order chi connectivity index (χ1) is 9.63. The first kappa shape index (κ1) is 12.9. The van der Waals surface area contributed by atoms with Gasteiger partial charge in [0.25, 0.3) is 0 Å². The second-order valence-corrected chi connectivity index (χ2v) is 4.94. The Kier molecular flexibility index (Phi) is 3.09. The molecule has 3 rings (SSSR count). The molecular formula is C11H13ClN6O2. The van der Waals surface area contributed by atoms with Crippen LogP contribution in [0.5, 0.6) is 0 Å². The third-order valence-corrected chi connectivity index (χ3v) is 3.78. The highest BCUT2D eigenvalue weighted by molar-refractivity contribution is 6.32. The molecule has 8 nitrogen and oxygen atoms in total. The minimum Gasteiger partial charge on any atom is -0.367 e. The summed E-state index contributed by atoms with van der Waals surface area (Å²) in [6.07, 6.45) is 4.19. The van der Waals surface area contributed by atoms with Crippen LogP contribution < -0.4 is 5.32 Å². The Morgan fingerprint density at radius 2 is 2.30 bits per heavy atom. The number of halogens is 1. The van der Waals surface area contributed by atoms with Gasteiger partial charge in [0.15, 0.2) is 5.82 Å². The van der Waals surface area contributed by atoms with Gasteiger partial charge in [-0.3, -0.25) is 14.8 Å². The number of fused-ring (bicyclic) bond motifs is 1. The molecule has 2 aromatic rings. The maximum absolute atomic E-state index is 11.0. The van der Waals surface area contributed by atoms with Gasteiger partial charge in [-0.25, -0.2) is 0 Å². The summed E-state index contributed by atoms with van der Waals surface area (Å²) in [4.78, 5) is 10.5. The zero-order valence-electron chi connectivity index (χ0n) is 10.8. The van der Waals surface area contributed by atoms with Crippen molar-refractivity contribution in [1.82, 2.24) is 19.6 Å². The number of aryl methyl sites for hydroxylation is 1. The van der Waals surface area contributed by atoms with Crippen LogP contribution in [0.1, 0.15) is 18.5 Å². The maximum atomic E-state index is 11.0. The molecule has 1 N–H and O–H groups in total. The monoisotopic (exact) mass is 296 g/mol. The van der Waals surface area contributed by atoms with Crippen molar-refractivity contribution >= 4 is 23.1 Å². The fourth-order valence-electron chi connectivity index (χ4n) is 2.44. The van der Waals surface area contributed by atoms with Crippen molar-refractivity contribution < 1.29 is 4.92 Å². The van der Waals surface area contributed by atoms with Crippen LogP contribution in [0, 0.1) is 10.1 Å². The summed E-state index contributed by atoms with van der Waals surface area (Å²) in [5, 5.41) is 22.7. The van der Waals surface area contributed by atoms with E-state index in [2.05, 4.69) is 15.5 Å². The average Bonchev–Trinajstić information content (AvgIpc) is 3.00. The molecule has 0 fully saturated rings. The molecule has 0 unspecified atom stereocenters. The molecule has 3 heterocycles. The highest BCUT2D eigenvalue weighted by Gasteiger charge is 2.26. The Morgan fingerprint density at radius 1 is 1.50 bits per heavy atom. The van der Waals surface area contributed by atoms with Crippen molar-refractivity contribution in [1.29, 1.82) is 0 Å². The van der Waals surface area contributed by atoms with Gasteiger partial charge < -0.3 is 5.32 Å². The van der Waals surface area contributed by atoms with Crippen LogP contribution in [0.25, 0.3) is 5.82 Å². The fourth-order valence-corrected chi connectivity index (χ4v) is 2.75. The fraction of sp³-hybridized carbons (Fsp3) is 0.455.